The molecule has 1 aliphatic rings. The molecule has 2 aromatic carbocycles. The SMILES string of the molecule is Cc1ccc(NC(=O)NCC2CCCN(C(=O)c3cccc(C#N)c3)C2)cc1. The predicted octanol–water partition coefficient (Wildman–Crippen LogP) is 3.54. The summed E-state index contributed by atoms with van der Waals surface area (Å²) in [7, 11) is 0. The third kappa shape index (κ3) is 5.10. The molecule has 0 saturated carbocycles. The molecule has 2 aromatic rings. The molecule has 0 radical (unpaired) electrons. The quantitative estimate of drug-likeness (QED) is 0.856. The van der Waals surface area contributed by atoms with Crippen LogP contribution in [0.3, 0.4) is 0 Å². The Hall–Kier alpha value is -3.33. The van der Waals surface area contributed by atoms with Gasteiger partial charge in [-0.25, -0.2) is 4.79 Å². The summed E-state index contributed by atoms with van der Waals surface area (Å²) in [5.74, 6) is 0.145. The minimum Gasteiger partial charge on any atom is -0.338 e. The fourth-order valence-electron chi connectivity index (χ4n) is 3.37. The lowest BCUT2D eigenvalue weighted by Crippen LogP contribution is -2.44. The Kier molecular flexibility index (Phi) is 6.28. The zero-order valence-corrected chi connectivity index (χ0v) is 15.9. The molecular weight excluding hydrogens is 352 g/mol. The minimum atomic E-state index is -0.242. The van der Waals surface area contributed by atoms with E-state index < -0.39 is 0 Å². The molecule has 0 aromatic heterocycles. The molecule has 6 heteroatoms. The number of hydrogen-bond acceptors (Lipinski definition) is 3. The van der Waals surface area contributed by atoms with Crippen molar-refractivity contribution < 1.29 is 9.59 Å². The smallest absolute Gasteiger partial charge is 0.319 e. The van der Waals surface area contributed by atoms with Crippen LogP contribution in [0.25, 0.3) is 0 Å². The van der Waals surface area contributed by atoms with E-state index in [1.165, 1.54) is 0 Å². The number of urea groups is 1. The maximum absolute atomic E-state index is 12.7. The molecule has 1 fully saturated rings. The highest BCUT2D eigenvalue weighted by Gasteiger charge is 2.25. The maximum atomic E-state index is 12.7. The first kappa shape index (κ1) is 19.4. The highest BCUT2D eigenvalue weighted by molar-refractivity contribution is 5.94. The molecule has 28 heavy (non-hydrogen) atoms. The molecule has 3 rings (SSSR count). The van der Waals surface area contributed by atoms with E-state index in [0.717, 1.165) is 24.1 Å². The number of benzene rings is 2. The summed E-state index contributed by atoms with van der Waals surface area (Å²) in [5, 5.41) is 14.7. The number of amides is 3. The van der Waals surface area contributed by atoms with Gasteiger partial charge in [-0.15, -0.1) is 0 Å². The number of piperidine rings is 1. The van der Waals surface area contributed by atoms with Crippen molar-refractivity contribution in [3.8, 4) is 6.07 Å². The topological polar surface area (TPSA) is 85.2 Å². The Balaban J connectivity index is 1.51. The summed E-state index contributed by atoms with van der Waals surface area (Å²) in [5.41, 5.74) is 2.90. The van der Waals surface area contributed by atoms with Crippen LogP contribution in [0.5, 0.6) is 0 Å². The summed E-state index contributed by atoms with van der Waals surface area (Å²) in [4.78, 5) is 26.7. The first-order valence-electron chi connectivity index (χ1n) is 9.46. The average molecular weight is 376 g/mol. The molecule has 2 N–H and O–H groups in total. The van der Waals surface area contributed by atoms with E-state index in [2.05, 4.69) is 16.7 Å². The molecule has 0 bridgehead atoms. The Labute approximate surface area is 165 Å². The summed E-state index contributed by atoms with van der Waals surface area (Å²) < 4.78 is 0. The molecular formula is C22H24N4O2. The van der Waals surface area contributed by atoms with E-state index >= 15 is 0 Å². The number of rotatable bonds is 4. The lowest BCUT2D eigenvalue weighted by atomic mass is 9.97. The number of likely N-dealkylation sites (tertiary alicyclic amines) is 1. The first-order chi connectivity index (χ1) is 13.5. The van der Waals surface area contributed by atoms with Crippen LogP contribution in [-0.2, 0) is 0 Å². The van der Waals surface area contributed by atoms with E-state index in [9.17, 15) is 9.59 Å². The number of aryl methyl sites for hydroxylation is 1. The fourth-order valence-corrected chi connectivity index (χ4v) is 3.37. The van der Waals surface area contributed by atoms with Crippen molar-refractivity contribution in [2.45, 2.75) is 19.8 Å². The number of hydrogen-bond donors (Lipinski definition) is 2. The Morgan fingerprint density at radius 1 is 1.21 bits per heavy atom. The van der Waals surface area contributed by atoms with Crippen molar-refractivity contribution in [2.75, 3.05) is 25.0 Å². The molecule has 1 unspecified atom stereocenters. The molecule has 3 amide bonds. The first-order valence-corrected chi connectivity index (χ1v) is 9.46. The standard InChI is InChI=1S/C22H24N4O2/c1-16-7-9-20(10-8-16)25-22(28)24-14-18-5-3-11-26(15-18)21(27)19-6-2-4-17(12-19)13-23/h2,4,6-10,12,18H,3,5,11,14-15H2,1H3,(H2,24,25,28). The molecule has 0 spiro atoms. The molecule has 1 heterocycles. The molecule has 144 valence electrons. The van der Waals surface area contributed by atoms with E-state index in [-0.39, 0.29) is 17.9 Å². The van der Waals surface area contributed by atoms with Crippen LogP contribution in [0.4, 0.5) is 10.5 Å². The van der Waals surface area contributed by atoms with Gasteiger partial charge in [-0.2, -0.15) is 5.26 Å². The van der Waals surface area contributed by atoms with Gasteiger partial charge in [0.15, 0.2) is 0 Å². The van der Waals surface area contributed by atoms with E-state index in [4.69, 9.17) is 5.26 Å². The fraction of sp³-hybridized carbons (Fsp3) is 0.318. The molecule has 0 aliphatic carbocycles. The van der Waals surface area contributed by atoms with Crippen LogP contribution in [0.1, 0.15) is 34.3 Å². The molecule has 6 nitrogen and oxygen atoms in total. The third-order valence-electron chi connectivity index (χ3n) is 4.91. The second-order valence-electron chi connectivity index (χ2n) is 7.15. The van der Waals surface area contributed by atoms with Crippen LogP contribution in [0, 0.1) is 24.2 Å². The van der Waals surface area contributed by atoms with Crippen molar-refractivity contribution >= 4 is 17.6 Å². The van der Waals surface area contributed by atoms with Crippen LogP contribution in [-0.4, -0.2) is 36.5 Å². The second kappa shape index (κ2) is 9.05. The van der Waals surface area contributed by atoms with Crippen LogP contribution < -0.4 is 10.6 Å². The largest absolute Gasteiger partial charge is 0.338 e. The van der Waals surface area contributed by atoms with Gasteiger partial charge in [-0.05, 0) is 56.0 Å². The zero-order valence-electron chi connectivity index (χ0n) is 15.9. The molecule has 1 aliphatic heterocycles. The monoisotopic (exact) mass is 376 g/mol. The Bertz CT molecular complexity index is 886. The van der Waals surface area contributed by atoms with Gasteiger partial charge in [0.2, 0.25) is 0 Å². The Morgan fingerprint density at radius 3 is 2.75 bits per heavy atom. The minimum absolute atomic E-state index is 0.0640. The van der Waals surface area contributed by atoms with E-state index in [0.29, 0.717) is 30.8 Å². The number of nitrogens with one attached hydrogen (secondary N) is 2. The van der Waals surface area contributed by atoms with Crippen molar-refractivity contribution in [3.05, 3.63) is 65.2 Å². The van der Waals surface area contributed by atoms with Gasteiger partial charge in [0.05, 0.1) is 11.6 Å². The van der Waals surface area contributed by atoms with Gasteiger partial charge in [-0.1, -0.05) is 23.8 Å². The zero-order chi connectivity index (χ0) is 19.9. The number of carbonyl (C=O) groups is 2. The lowest BCUT2D eigenvalue weighted by molar-refractivity contribution is 0.0675. The highest BCUT2D eigenvalue weighted by Crippen LogP contribution is 2.19. The third-order valence-corrected chi connectivity index (χ3v) is 4.91. The molecule has 1 atom stereocenters. The average Bonchev–Trinajstić information content (AvgIpc) is 2.73. The number of anilines is 1. The van der Waals surface area contributed by atoms with Crippen molar-refractivity contribution in [3.63, 3.8) is 0 Å². The van der Waals surface area contributed by atoms with E-state index in [1.807, 2.05) is 36.1 Å². The second-order valence-corrected chi connectivity index (χ2v) is 7.15. The van der Waals surface area contributed by atoms with Crippen molar-refractivity contribution in [2.24, 2.45) is 5.92 Å². The molecule has 1 saturated heterocycles. The van der Waals surface area contributed by atoms with Gasteiger partial charge in [0, 0.05) is 30.9 Å². The summed E-state index contributed by atoms with van der Waals surface area (Å²) in [6.07, 6.45) is 1.86. The predicted molar refractivity (Wildman–Crippen MR) is 108 cm³/mol. The van der Waals surface area contributed by atoms with Gasteiger partial charge in [-0.3, -0.25) is 4.79 Å². The van der Waals surface area contributed by atoms with Crippen molar-refractivity contribution in [1.29, 1.82) is 5.26 Å². The highest BCUT2D eigenvalue weighted by atomic mass is 16.2. The summed E-state index contributed by atoms with van der Waals surface area (Å²) in [6, 6.07) is 16.2. The normalized spacial score (nSPS) is 16.1. The van der Waals surface area contributed by atoms with Gasteiger partial charge < -0.3 is 15.5 Å². The van der Waals surface area contributed by atoms with Crippen LogP contribution in [0.2, 0.25) is 0 Å². The maximum Gasteiger partial charge on any atom is 0.319 e. The van der Waals surface area contributed by atoms with Crippen molar-refractivity contribution in [1.82, 2.24) is 10.2 Å². The van der Waals surface area contributed by atoms with Gasteiger partial charge in [0.25, 0.3) is 5.91 Å². The lowest BCUT2D eigenvalue weighted by Gasteiger charge is -2.33. The van der Waals surface area contributed by atoms with Gasteiger partial charge in [0.1, 0.15) is 0 Å². The van der Waals surface area contributed by atoms with Crippen LogP contribution in [0.15, 0.2) is 48.5 Å². The Morgan fingerprint density at radius 2 is 2.00 bits per heavy atom. The number of nitriles is 1. The number of carbonyl (C=O) groups excluding carboxylic acids is 2. The number of nitrogens with zero attached hydrogens (tertiary/aromatic N) is 2. The summed E-state index contributed by atoms with van der Waals surface area (Å²) >= 11 is 0. The van der Waals surface area contributed by atoms with Gasteiger partial charge >= 0.3 is 6.03 Å². The summed E-state index contributed by atoms with van der Waals surface area (Å²) in [6.45, 7) is 3.80. The van der Waals surface area contributed by atoms with Crippen LogP contribution >= 0.6 is 0 Å². The van der Waals surface area contributed by atoms with E-state index in [1.54, 1.807) is 24.3 Å².